The molecule has 0 aliphatic carbocycles. The molecule has 0 radical (unpaired) electrons. The SMILES string of the molecule is C=C(C)C(=O)Nc1ccc(-c2c(-c3ccc(Oc4nccc(C)n4)cc3C)c3c(N)ncnc3n2C)cc1. The molecule has 1 amide bonds. The Labute approximate surface area is 220 Å². The molecule has 0 aliphatic rings. The van der Waals surface area contributed by atoms with Crippen molar-refractivity contribution < 1.29 is 9.53 Å². The number of benzene rings is 2. The van der Waals surface area contributed by atoms with Crippen molar-refractivity contribution in [2.75, 3.05) is 11.1 Å². The molecule has 0 spiro atoms. The first-order valence-electron chi connectivity index (χ1n) is 12.0. The van der Waals surface area contributed by atoms with Gasteiger partial charge in [0.1, 0.15) is 23.5 Å². The van der Waals surface area contributed by atoms with Crippen molar-refractivity contribution in [3.05, 3.63) is 84.5 Å². The Bertz CT molecular complexity index is 1700. The number of carbonyl (C=O) groups is 1. The van der Waals surface area contributed by atoms with Gasteiger partial charge in [-0.1, -0.05) is 24.8 Å². The number of aryl methyl sites for hydroxylation is 3. The van der Waals surface area contributed by atoms with E-state index in [-0.39, 0.29) is 5.91 Å². The molecule has 0 unspecified atom stereocenters. The van der Waals surface area contributed by atoms with Gasteiger partial charge in [0.2, 0.25) is 0 Å². The molecule has 0 saturated carbocycles. The van der Waals surface area contributed by atoms with Crippen LogP contribution in [-0.2, 0) is 11.8 Å². The lowest BCUT2D eigenvalue weighted by Gasteiger charge is -2.13. The molecule has 0 aliphatic heterocycles. The fourth-order valence-electron chi connectivity index (χ4n) is 4.39. The highest BCUT2D eigenvalue weighted by molar-refractivity contribution is 6.08. The Balaban J connectivity index is 1.62. The summed E-state index contributed by atoms with van der Waals surface area (Å²) in [5, 5.41) is 3.61. The molecule has 9 nitrogen and oxygen atoms in total. The van der Waals surface area contributed by atoms with Gasteiger partial charge in [0, 0.05) is 35.8 Å². The highest BCUT2D eigenvalue weighted by Crippen LogP contribution is 2.43. The van der Waals surface area contributed by atoms with E-state index < -0.39 is 0 Å². The first-order valence-corrected chi connectivity index (χ1v) is 12.0. The smallest absolute Gasteiger partial charge is 0.322 e. The topological polar surface area (TPSA) is 121 Å². The summed E-state index contributed by atoms with van der Waals surface area (Å²) in [5.74, 6) is 0.797. The van der Waals surface area contributed by atoms with Crippen molar-refractivity contribution in [1.29, 1.82) is 0 Å². The fraction of sp³-hybridized carbons (Fsp3) is 0.138. The minimum atomic E-state index is -0.222. The van der Waals surface area contributed by atoms with Crippen LogP contribution in [0.2, 0.25) is 0 Å². The maximum atomic E-state index is 12.1. The third-order valence-corrected chi connectivity index (χ3v) is 6.25. The molecule has 9 heteroatoms. The minimum Gasteiger partial charge on any atom is -0.424 e. The van der Waals surface area contributed by atoms with E-state index in [0.29, 0.717) is 28.8 Å². The quantitative estimate of drug-likeness (QED) is 0.288. The van der Waals surface area contributed by atoms with Gasteiger partial charge in [-0.05, 0) is 67.8 Å². The summed E-state index contributed by atoms with van der Waals surface area (Å²) in [6.45, 7) is 9.26. The monoisotopic (exact) mass is 505 g/mol. The zero-order valence-corrected chi connectivity index (χ0v) is 21.6. The van der Waals surface area contributed by atoms with Gasteiger partial charge in [-0.3, -0.25) is 4.79 Å². The number of hydrogen-bond donors (Lipinski definition) is 2. The summed E-state index contributed by atoms with van der Waals surface area (Å²) in [6.07, 6.45) is 3.13. The predicted molar refractivity (Wildman–Crippen MR) is 149 cm³/mol. The Morgan fingerprint density at radius 1 is 1.05 bits per heavy atom. The number of nitrogens with zero attached hydrogens (tertiary/aromatic N) is 5. The maximum absolute atomic E-state index is 12.1. The number of anilines is 2. The lowest BCUT2D eigenvalue weighted by Crippen LogP contribution is -2.11. The Hall–Kier alpha value is -5.05. The van der Waals surface area contributed by atoms with Crippen molar-refractivity contribution in [2.45, 2.75) is 20.8 Å². The Kier molecular flexibility index (Phi) is 6.34. The molecule has 0 saturated heterocycles. The number of nitrogens with two attached hydrogens (primary N) is 1. The molecule has 2 aromatic carbocycles. The van der Waals surface area contributed by atoms with Crippen LogP contribution in [0.15, 0.2) is 73.2 Å². The van der Waals surface area contributed by atoms with E-state index in [1.54, 1.807) is 13.1 Å². The van der Waals surface area contributed by atoms with Gasteiger partial charge < -0.3 is 20.4 Å². The molecule has 3 heterocycles. The number of amides is 1. The molecular weight excluding hydrogens is 478 g/mol. The molecule has 5 aromatic rings. The first-order chi connectivity index (χ1) is 18.2. The van der Waals surface area contributed by atoms with Crippen LogP contribution < -0.4 is 15.8 Å². The number of nitrogen functional groups attached to an aromatic ring is 1. The second-order valence-electron chi connectivity index (χ2n) is 9.11. The van der Waals surface area contributed by atoms with Crippen LogP contribution in [0.4, 0.5) is 11.5 Å². The van der Waals surface area contributed by atoms with Crippen molar-refractivity contribution in [1.82, 2.24) is 24.5 Å². The third kappa shape index (κ3) is 4.57. The fourth-order valence-corrected chi connectivity index (χ4v) is 4.39. The van der Waals surface area contributed by atoms with Crippen molar-refractivity contribution in [2.24, 2.45) is 7.05 Å². The molecular formula is C29H27N7O2. The molecule has 3 aromatic heterocycles. The van der Waals surface area contributed by atoms with E-state index in [9.17, 15) is 4.79 Å². The van der Waals surface area contributed by atoms with E-state index in [1.165, 1.54) is 6.33 Å². The standard InChI is InChI=1S/C29H27N7O2/c1-16(2)28(37)35-20-8-6-19(7-9-20)25-23(24-26(30)32-15-33-27(24)36(25)5)22-11-10-21(14-17(22)3)38-29-31-13-12-18(4)34-29/h6-15H,1H2,2-5H3,(H,35,37)(H2,30,32,33). The van der Waals surface area contributed by atoms with Crippen LogP contribution in [-0.4, -0.2) is 30.4 Å². The number of rotatable bonds is 6. The molecule has 38 heavy (non-hydrogen) atoms. The molecule has 3 N–H and O–H groups in total. The van der Waals surface area contributed by atoms with Crippen LogP contribution in [0.5, 0.6) is 11.8 Å². The summed E-state index contributed by atoms with van der Waals surface area (Å²) in [6, 6.07) is 15.6. The van der Waals surface area contributed by atoms with Gasteiger partial charge in [-0.25, -0.2) is 19.9 Å². The van der Waals surface area contributed by atoms with Gasteiger partial charge in [0.15, 0.2) is 0 Å². The second kappa shape index (κ2) is 9.78. The van der Waals surface area contributed by atoms with Crippen LogP contribution in [0.3, 0.4) is 0 Å². The largest absolute Gasteiger partial charge is 0.424 e. The highest BCUT2D eigenvalue weighted by Gasteiger charge is 2.23. The summed E-state index contributed by atoms with van der Waals surface area (Å²) in [4.78, 5) is 29.4. The Morgan fingerprint density at radius 3 is 2.50 bits per heavy atom. The number of carbonyl (C=O) groups excluding carboxylic acids is 1. The van der Waals surface area contributed by atoms with Crippen LogP contribution in [0.1, 0.15) is 18.2 Å². The van der Waals surface area contributed by atoms with E-state index in [1.807, 2.05) is 74.0 Å². The van der Waals surface area contributed by atoms with Crippen molar-refractivity contribution >= 4 is 28.4 Å². The van der Waals surface area contributed by atoms with Gasteiger partial charge in [-0.15, -0.1) is 0 Å². The van der Waals surface area contributed by atoms with Gasteiger partial charge in [0.05, 0.1) is 11.1 Å². The maximum Gasteiger partial charge on any atom is 0.322 e. The molecule has 190 valence electrons. The van der Waals surface area contributed by atoms with Crippen molar-refractivity contribution in [3.63, 3.8) is 0 Å². The number of fused-ring (bicyclic) bond motifs is 1. The minimum absolute atomic E-state index is 0.222. The average Bonchev–Trinajstić information content (AvgIpc) is 3.18. The zero-order valence-electron chi connectivity index (χ0n) is 21.6. The molecule has 5 rings (SSSR count). The number of aromatic nitrogens is 5. The number of ether oxygens (including phenoxy) is 1. The third-order valence-electron chi connectivity index (χ3n) is 6.25. The van der Waals surface area contributed by atoms with E-state index in [2.05, 4.69) is 31.8 Å². The summed E-state index contributed by atoms with van der Waals surface area (Å²) in [5.41, 5.74) is 13.8. The van der Waals surface area contributed by atoms with E-state index in [0.717, 1.165) is 44.7 Å². The van der Waals surface area contributed by atoms with Gasteiger partial charge in [-0.2, -0.15) is 0 Å². The first kappa shape index (κ1) is 24.6. The Morgan fingerprint density at radius 2 is 1.82 bits per heavy atom. The predicted octanol–water partition coefficient (Wildman–Crippen LogP) is 5.60. The lowest BCUT2D eigenvalue weighted by molar-refractivity contribution is -0.112. The van der Waals surface area contributed by atoms with E-state index >= 15 is 0 Å². The highest BCUT2D eigenvalue weighted by atomic mass is 16.5. The molecule has 0 bridgehead atoms. The van der Waals surface area contributed by atoms with Crippen LogP contribution in [0.25, 0.3) is 33.4 Å². The summed E-state index contributed by atoms with van der Waals surface area (Å²) in [7, 11) is 1.95. The molecule has 0 atom stereocenters. The van der Waals surface area contributed by atoms with Crippen LogP contribution in [0, 0.1) is 13.8 Å². The van der Waals surface area contributed by atoms with Crippen LogP contribution >= 0.6 is 0 Å². The van der Waals surface area contributed by atoms with Gasteiger partial charge in [0.25, 0.3) is 5.91 Å². The summed E-state index contributed by atoms with van der Waals surface area (Å²) >= 11 is 0. The van der Waals surface area contributed by atoms with E-state index in [4.69, 9.17) is 10.5 Å². The lowest BCUT2D eigenvalue weighted by atomic mass is 9.95. The summed E-state index contributed by atoms with van der Waals surface area (Å²) < 4.78 is 7.91. The normalized spacial score (nSPS) is 10.9. The number of hydrogen-bond acceptors (Lipinski definition) is 7. The number of nitrogens with one attached hydrogen (secondary N) is 1. The zero-order chi connectivity index (χ0) is 27.0. The average molecular weight is 506 g/mol. The second-order valence-corrected chi connectivity index (χ2v) is 9.11. The van der Waals surface area contributed by atoms with Gasteiger partial charge >= 0.3 is 6.01 Å². The van der Waals surface area contributed by atoms with Crippen molar-refractivity contribution in [3.8, 4) is 34.1 Å². The molecule has 0 fully saturated rings.